The molecule has 1 N–H and O–H groups in total. The topological polar surface area (TPSA) is 24.5 Å². The third-order valence-electron chi connectivity index (χ3n) is 3.85. The molecule has 1 aliphatic rings. The number of benzene rings is 1. The number of nitrogens with one attached hydrogen (secondary N) is 1. The van der Waals surface area contributed by atoms with Crippen molar-refractivity contribution < 1.29 is 35.5 Å². The van der Waals surface area contributed by atoms with E-state index < -0.39 is 43.0 Å². The molecule has 0 spiro atoms. The number of ether oxygens (including phenoxy) is 1. The van der Waals surface area contributed by atoms with Crippen molar-refractivity contribution in [3.8, 4) is 5.75 Å². The van der Waals surface area contributed by atoms with Crippen LogP contribution >= 0.6 is 0 Å². The molecule has 1 aromatic carbocycles. The van der Waals surface area contributed by atoms with Crippen LogP contribution in [0.5, 0.6) is 5.75 Å². The Morgan fingerprint density at radius 2 is 1.72 bits per heavy atom. The molecular weight excluding hydrogens is 357 g/mol. The van der Waals surface area contributed by atoms with Crippen LogP contribution < -0.4 is 10.1 Å². The highest BCUT2D eigenvalue weighted by atomic mass is 19.4. The molecule has 10 heteroatoms. The molecule has 1 heterocycles. The monoisotopic (exact) mass is 374 g/mol. The van der Waals surface area contributed by atoms with Gasteiger partial charge in [-0.05, 0) is 24.6 Å². The zero-order valence-electron chi connectivity index (χ0n) is 13.1. The first-order valence-corrected chi connectivity index (χ1v) is 7.62. The zero-order chi connectivity index (χ0) is 18.7. The van der Waals surface area contributed by atoms with Gasteiger partial charge in [0.05, 0.1) is 0 Å². The molecule has 1 aliphatic heterocycles. The van der Waals surface area contributed by atoms with Crippen molar-refractivity contribution in [1.29, 1.82) is 0 Å². The molecule has 1 aromatic rings. The first-order valence-electron chi connectivity index (χ1n) is 7.62. The van der Waals surface area contributed by atoms with E-state index in [1.165, 1.54) is 0 Å². The largest absolute Gasteiger partial charge is 0.573 e. The van der Waals surface area contributed by atoms with Crippen LogP contribution in [0.3, 0.4) is 0 Å². The number of piperazine rings is 1. The van der Waals surface area contributed by atoms with Crippen LogP contribution in [0.15, 0.2) is 18.2 Å². The fraction of sp³-hybridized carbons (Fsp3) is 0.600. The van der Waals surface area contributed by atoms with E-state index in [1.807, 2.05) is 0 Å². The summed E-state index contributed by atoms with van der Waals surface area (Å²) in [5.41, 5.74) is -0.229. The van der Waals surface area contributed by atoms with Gasteiger partial charge < -0.3 is 10.1 Å². The van der Waals surface area contributed by atoms with Gasteiger partial charge in [0.2, 0.25) is 0 Å². The number of alkyl halides is 6. The second-order valence-electron chi connectivity index (χ2n) is 5.69. The van der Waals surface area contributed by atoms with E-state index in [1.54, 1.807) is 4.90 Å². The summed E-state index contributed by atoms with van der Waals surface area (Å²) >= 11 is 0. The van der Waals surface area contributed by atoms with E-state index in [2.05, 4.69) is 10.1 Å². The summed E-state index contributed by atoms with van der Waals surface area (Å²) in [6.45, 7) is 1.74. The van der Waals surface area contributed by atoms with Crippen LogP contribution in [-0.2, 0) is 0 Å². The lowest BCUT2D eigenvalue weighted by atomic mass is 9.98. The molecule has 1 atom stereocenters. The first kappa shape index (κ1) is 19.8. The lowest BCUT2D eigenvalue weighted by molar-refractivity contribution is -0.274. The van der Waals surface area contributed by atoms with Crippen molar-refractivity contribution in [2.45, 2.75) is 31.4 Å². The van der Waals surface area contributed by atoms with Gasteiger partial charge in [0, 0.05) is 44.2 Å². The molecule has 0 amide bonds. The quantitative estimate of drug-likeness (QED) is 0.789. The molecule has 0 saturated carbocycles. The Kier molecular flexibility index (Phi) is 6.15. The average Bonchev–Trinajstić information content (AvgIpc) is 2.49. The summed E-state index contributed by atoms with van der Waals surface area (Å²) in [6, 6.07) is 1.41. The fourth-order valence-electron chi connectivity index (χ4n) is 2.80. The molecule has 0 aromatic heterocycles. The van der Waals surface area contributed by atoms with E-state index in [0.717, 1.165) is 18.2 Å². The molecule has 1 fully saturated rings. The molecule has 142 valence electrons. The van der Waals surface area contributed by atoms with Crippen LogP contribution in [0, 0.1) is 5.82 Å². The van der Waals surface area contributed by atoms with E-state index in [0.29, 0.717) is 26.2 Å². The average molecular weight is 374 g/mol. The summed E-state index contributed by atoms with van der Waals surface area (Å²) in [5.74, 6) is -1.52. The van der Waals surface area contributed by atoms with Crippen LogP contribution in [-0.4, -0.2) is 43.6 Å². The third kappa shape index (κ3) is 6.35. The molecule has 0 bridgehead atoms. The molecule has 25 heavy (non-hydrogen) atoms. The van der Waals surface area contributed by atoms with E-state index in [-0.39, 0.29) is 5.56 Å². The first-order chi connectivity index (χ1) is 11.6. The van der Waals surface area contributed by atoms with Gasteiger partial charge in [-0.15, -0.1) is 13.2 Å². The van der Waals surface area contributed by atoms with Crippen molar-refractivity contribution in [3.05, 3.63) is 29.6 Å². The maximum Gasteiger partial charge on any atom is 0.573 e. The van der Waals surface area contributed by atoms with E-state index in [4.69, 9.17) is 0 Å². The Morgan fingerprint density at radius 3 is 2.28 bits per heavy atom. The van der Waals surface area contributed by atoms with Gasteiger partial charge in [0.25, 0.3) is 0 Å². The number of nitrogens with zero attached hydrogens (tertiary/aromatic N) is 1. The SMILES string of the molecule is Fc1ccc(OC(F)(F)F)cc1[C@@H](CCC(F)(F)F)N1CCNCC1. The third-order valence-corrected chi connectivity index (χ3v) is 3.85. The van der Waals surface area contributed by atoms with Gasteiger partial charge in [-0.3, -0.25) is 4.90 Å². The number of rotatable bonds is 5. The van der Waals surface area contributed by atoms with Gasteiger partial charge in [-0.1, -0.05) is 0 Å². The standard InChI is InChI=1S/C15H17F7N2O/c16-12-2-1-10(25-15(20,21)22)9-11(12)13(3-4-14(17,18)19)24-7-5-23-6-8-24/h1-2,9,13,23H,3-8H2/t13-/m1/s1. The highest BCUT2D eigenvalue weighted by Crippen LogP contribution is 2.35. The Bertz CT molecular complexity index is 568. The van der Waals surface area contributed by atoms with E-state index >= 15 is 0 Å². The molecule has 1 saturated heterocycles. The smallest absolute Gasteiger partial charge is 0.406 e. The van der Waals surface area contributed by atoms with Crippen molar-refractivity contribution in [1.82, 2.24) is 10.2 Å². The van der Waals surface area contributed by atoms with Gasteiger partial charge in [0.1, 0.15) is 11.6 Å². The van der Waals surface area contributed by atoms with Gasteiger partial charge in [0.15, 0.2) is 0 Å². The maximum atomic E-state index is 14.2. The van der Waals surface area contributed by atoms with Gasteiger partial charge in [-0.25, -0.2) is 4.39 Å². The van der Waals surface area contributed by atoms with Gasteiger partial charge >= 0.3 is 12.5 Å². The molecule has 0 aliphatic carbocycles. The van der Waals surface area contributed by atoms with E-state index in [9.17, 15) is 30.7 Å². The molecule has 0 radical (unpaired) electrons. The zero-order valence-corrected chi connectivity index (χ0v) is 13.1. The lowest BCUT2D eigenvalue weighted by Crippen LogP contribution is -2.45. The lowest BCUT2D eigenvalue weighted by Gasteiger charge is -2.35. The highest BCUT2D eigenvalue weighted by molar-refractivity contribution is 5.32. The predicted octanol–water partition coefficient (Wildman–Crippen LogP) is 4.01. The predicted molar refractivity (Wildman–Crippen MR) is 75.6 cm³/mol. The van der Waals surface area contributed by atoms with Crippen LogP contribution in [0.25, 0.3) is 0 Å². The van der Waals surface area contributed by atoms with Crippen LogP contribution in [0.2, 0.25) is 0 Å². The second kappa shape index (κ2) is 7.77. The van der Waals surface area contributed by atoms with Gasteiger partial charge in [-0.2, -0.15) is 13.2 Å². The number of hydrogen-bond donors (Lipinski definition) is 1. The molecule has 3 nitrogen and oxygen atoms in total. The van der Waals surface area contributed by atoms with Crippen molar-refractivity contribution >= 4 is 0 Å². The Morgan fingerprint density at radius 1 is 1.08 bits per heavy atom. The molecule has 0 unspecified atom stereocenters. The molecule has 2 rings (SSSR count). The summed E-state index contributed by atoms with van der Waals surface area (Å²) in [5, 5.41) is 3.02. The normalized spacial score (nSPS) is 18.2. The second-order valence-corrected chi connectivity index (χ2v) is 5.69. The number of hydrogen-bond acceptors (Lipinski definition) is 3. The summed E-state index contributed by atoms with van der Waals surface area (Å²) in [6.07, 6.45) is -11.0. The van der Waals surface area contributed by atoms with Crippen molar-refractivity contribution in [3.63, 3.8) is 0 Å². The summed E-state index contributed by atoms with van der Waals surface area (Å²) < 4.78 is 92.8. The summed E-state index contributed by atoms with van der Waals surface area (Å²) in [7, 11) is 0. The minimum Gasteiger partial charge on any atom is -0.406 e. The Hall–Kier alpha value is -1.55. The van der Waals surface area contributed by atoms with Crippen LogP contribution in [0.4, 0.5) is 30.7 Å². The van der Waals surface area contributed by atoms with Crippen molar-refractivity contribution in [2.24, 2.45) is 0 Å². The molecular formula is C15H17F7N2O. The van der Waals surface area contributed by atoms with Crippen molar-refractivity contribution in [2.75, 3.05) is 26.2 Å². The van der Waals surface area contributed by atoms with Crippen LogP contribution in [0.1, 0.15) is 24.4 Å². The minimum atomic E-state index is -4.97. The minimum absolute atomic E-state index is 0.229. The summed E-state index contributed by atoms with van der Waals surface area (Å²) in [4.78, 5) is 1.64. The fourth-order valence-corrected chi connectivity index (χ4v) is 2.80. The Labute approximate surface area is 139 Å². The maximum absolute atomic E-state index is 14.2. The number of halogens is 7. The highest BCUT2D eigenvalue weighted by Gasteiger charge is 2.34. The Balaban J connectivity index is 2.29.